The zero-order chi connectivity index (χ0) is 69.5. The largest absolute Gasteiger partial charge is 0.443 e. The Morgan fingerprint density at radius 2 is 1.18 bits per heavy atom. The van der Waals surface area contributed by atoms with Gasteiger partial charge in [0.2, 0.25) is 0 Å². The standard InChI is InChI=1S/C23H28ClFN6O4.C23H27FN6O4.C18H19FN6O2/c1-13(11-34-12-14-6-7-16(25)17(26)8-14)28-21(32)15-10-27-31-19(9-18(24)29-20(15)31)30(5)22(33)35-23(2,3)4;1-13-11-33-12-14-6-7-16(24)17(8-14)27-18-9-19(29(5)22(32)34-23(2,3)4)30-20(28-18)15(10-25-30)21(31)26-13;1-10-8-27-9-11-3-4-13(19)14(5-11)23-15-6-16(20-2)25-17(24-15)12(7-21-25)18(26)22-10/h6-10,13H,11-12,26H2,1-5H3,(H,28,32);6-10,13H,11-12H2,1-5H3,(H,26,31)(H,27,28);3-7,10,20H,8-9H2,1-2H3,(H,22,26)(H,23,24)/t2*13-;10-/m111/s1. The van der Waals surface area contributed by atoms with Crippen LogP contribution in [0.25, 0.3) is 16.9 Å². The Bertz CT molecular complexity index is 4380. The number of nitrogens with zero attached hydrogens (tertiary/aromatic N) is 11. The summed E-state index contributed by atoms with van der Waals surface area (Å²) in [5, 5.41) is 30.3. The van der Waals surface area contributed by atoms with Gasteiger partial charge in [-0.3, -0.25) is 24.2 Å². The molecule has 28 nitrogen and oxygen atoms in total. The molecule has 2 aliphatic rings. The lowest BCUT2D eigenvalue weighted by atomic mass is 10.2. The van der Waals surface area contributed by atoms with Gasteiger partial charge in [-0.2, -0.15) is 28.8 Å². The van der Waals surface area contributed by atoms with Crippen LogP contribution in [-0.4, -0.2) is 144 Å². The first-order chi connectivity index (χ1) is 45.4. The molecule has 0 radical (unpaired) electrons. The zero-order valence-electron chi connectivity index (χ0n) is 54.7. The molecule has 508 valence electrons. The van der Waals surface area contributed by atoms with Crippen LogP contribution >= 0.6 is 11.6 Å². The number of ether oxygens (including phenoxy) is 5. The molecule has 11 rings (SSSR count). The van der Waals surface area contributed by atoms with Gasteiger partial charge in [0.15, 0.2) is 16.9 Å². The summed E-state index contributed by atoms with van der Waals surface area (Å²) < 4.78 is 74.2. The molecule has 0 unspecified atom stereocenters. The summed E-state index contributed by atoms with van der Waals surface area (Å²) in [7, 11) is 4.76. The highest BCUT2D eigenvalue weighted by Crippen LogP contribution is 2.30. The molecule has 2 aliphatic heterocycles. The van der Waals surface area contributed by atoms with Gasteiger partial charge in [0.25, 0.3) is 17.7 Å². The number of rotatable bonds is 9. The van der Waals surface area contributed by atoms with Crippen molar-refractivity contribution >= 4 is 105 Å². The number of hydrogen-bond acceptors (Lipinski definition) is 20. The van der Waals surface area contributed by atoms with Crippen LogP contribution in [0.4, 0.5) is 68.9 Å². The Balaban J connectivity index is 0.000000170. The Labute approximate surface area is 554 Å². The molecule has 9 aromatic rings. The predicted molar refractivity (Wildman–Crippen MR) is 353 cm³/mol. The van der Waals surface area contributed by atoms with E-state index in [-0.39, 0.29) is 113 Å². The van der Waals surface area contributed by atoms with Gasteiger partial charge in [0.05, 0.1) is 75.3 Å². The van der Waals surface area contributed by atoms with Crippen LogP contribution in [0.5, 0.6) is 0 Å². The molecular formula is C64H74ClF3N18O10. The van der Waals surface area contributed by atoms with Gasteiger partial charge in [-0.1, -0.05) is 29.8 Å². The normalized spacial score (nSPS) is 15.2. The number of carbonyl (C=O) groups is 5. The lowest BCUT2D eigenvalue weighted by Crippen LogP contribution is -2.36. The first-order valence-corrected chi connectivity index (χ1v) is 30.5. The van der Waals surface area contributed by atoms with Crippen molar-refractivity contribution in [3.05, 3.63) is 147 Å². The molecule has 0 saturated carbocycles. The first-order valence-electron chi connectivity index (χ1n) is 30.2. The highest BCUT2D eigenvalue weighted by atomic mass is 35.5. The second-order valence-electron chi connectivity index (χ2n) is 24.6. The third-order valence-corrected chi connectivity index (χ3v) is 14.2. The van der Waals surface area contributed by atoms with Gasteiger partial charge >= 0.3 is 12.2 Å². The van der Waals surface area contributed by atoms with E-state index in [1.807, 2.05) is 13.8 Å². The molecule has 96 heavy (non-hydrogen) atoms. The van der Waals surface area contributed by atoms with Gasteiger partial charge in [0.1, 0.15) is 79.6 Å². The topological polar surface area (TPSA) is 327 Å². The summed E-state index contributed by atoms with van der Waals surface area (Å²) in [5.74, 6) is -0.737. The molecule has 3 atom stereocenters. The molecule has 0 saturated heterocycles. The first kappa shape index (κ1) is 70.0. The van der Waals surface area contributed by atoms with Crippen LogP contribution in [0.15, 0.2) is 91.4 Å². The van der Waals surface area contributed by atoms with Crippen molar-refractivity contribution in [1.82, 2.24) is 59.7 Å². The van der Waals surface area contributed by atoms with E-state index in [1.54, 1.807) is 91.9 Å². The Morgan fingerprint density at radius 3 is 1.71 bits per heavy atom. The zero-order valence-corrected chi connectivity index (χ0v) is 55.5. The van der Waals surface area contributed by atoms with E-state index in [1.165, 1.54) is 92.4 Å². The van der Waals surface area contributed by atoms with E-state index in [2.05, 4.69) is 62.1 Å². The Kier molecular flexibility index (Phi) is 21.5. The van der Waals surface area contributed by atoms with Crippen LogP contribution in [-0.2, 0) is 43.5 Å². The molecule has 0 aliphatic carbocycles. The summed E-state index contributed by atoms with van der Waals surface area (Å²) in [6.07, 6.45) is 2.93. The number of anilines is 8. The van der Waals surface area contributed by atoms with Gasteiger partial charge < -0.3 is 61.3 Å². The molecule has 0 spiro atoms. The van der Waals surface area contributed by atoms with Crippen molar-refractivity contribution in [3.8, 4) is 0 Å². The van der Waals surface area contributed by atoms with Gasteiger partial charge in [0, 0.05) is 57.5 Å². The molecule has 8 N–H and O–H groups in total. The number of nitrogens with two attached hydrogens (primary N) is 1. The van der Waals surface area contributed by atoms with Gasteiger partial charge in [-0.15, -0.1) is 0 Å². The third-order valence-electron chi connectivity index (χ3n) is 14.0. The number of benzene rings is 3. The summed E-state index contributed by atoms with van der Waals surface area (Å²) in [4.78, 5) is 79.4. The fourth-order valence-electron chi connectivity index (χ4n) is 9.51. The number of carbonyl (C=O) groups excluding carboxylic acids is 5. The second kappa shape index (κ2) is 29.5. The molecule has 6 aromatic heterocycles. The average molecular weight is 1350 g/mol. The lowest BCUT2D eigenvalue weighted by molar-refractivity contribution is 0.0577. The Hall–Kier alpha value is -10.4. The Morgan fingerprint density at radius 1 is 0.688 bits per heavy atom. The summed E-state index contributed by atoms with van der Waals surface area (Å²) in [5.41, 5.74) is 8.35. The summed E-state index contributed by atoms with van der Waals surface area (Å²) in [6, 6.07) is 17.5. The maximum Gasteiger partial charge on any atom is 0.415 e. The highest BCUT2D eigenvalue weighted by molar-refractivity contribution is 6.30. The van der Waals surface area contributed by atoms with Crippen LogP contribution in [0.2, 0.25) is 5.15 Å². The molecule has 0 fully saturated rings. The van der Waals surface area contributed by atoms with Crippen molar-refractivity contribution < 1.29 is 60.8 Å². The quantitative estimate of drug-likeness (QED) is 0.0522. The van der Waals surface area contributed by atoms with Crippen LogP contribution in [0, 0.1) is 17.5 Å². The van der Waals surface area contributed by atoms with Crippen LogP contribution in [0.3, 0.4) is 0 Å². The summed E-state index contributed by atoms with van der Waals surface area (Å²) >= 11 is 6.18. The van der Waals surface area contributed by atoms with E-state index in [0.29, 0.717) is 41.6 Å². The van der Waals surface area contributed by atoms with E-state index < -0.39 is 52.7 Å². The third kappa shape index (κ3) is 17.3. The average Bonchev–Trinajstić information content (AvgIpc) is 1.58. The molecule has 5 amide bonds. The maximum absolute atomic E-state index is 14.6. The summed E-state index contributed by atoms with van der Waals surface area (Å²) in [6.45, 7) is 17.5. The van der Waals surface area contributed by atoms with E-state index >= 15 is 0 Å². The second-order valence-corrected chi connectivity index (χ2v) is 25.0. The van der Waals surface area contributed by atoms with Gasteiger partial charge in [-0.05, 0) is 115 Å². The fraction of sp³-hybridized carbons (Fsp3) is 0.359. The minimum absolute atomic E-state index is 0.0448. The van der Waals surface area contributed by atoms with Crippen LogP contribution in [0.1, 0.15) is 110 Å². The molecule has 3 aromatic carbocycles. The highest BCUT2D eigenvalue weighted by Gasteiger charge is 2.29. The number of fused-ring (bicyclic) bond motifs is 7. The molecule has 32 heteroatoms. The lowest BCUT2D eigenvalue weighted by Gasteiger charge is -2.25. The number of nitrogens with one attached hydrogen (secondary N) is 6. The predicted octanol–water partition coefficient (Wildman–Crippen LogP) is 9.74. The number of nitrogen functional groups attached to an aromatic ring is 1. The van der Waals surface area contributed by atoms with E-state index in [4.69, 9.17) is 41.0 Å². The minimum atomic E-state index is -0.719. The smallest absolute Gasteiger partial charge is 0.415 e. The molecule has 8 heterocycles. The molecular weight excluding hydrogens is 1270 g/mol. The van der Waals surface area contributed by atoms with E-state index in [9.17, 15) is 37.1 Å². The van der Waals surface area contributed by atoms with Crippen molar-refractivity contribution in [2.45, 2.75) is 111 Å². The number of hydrogen-bond donors (Lipinski definition) is 7. The van der Waals surface area contributed by atoms with E-state index in [0.717, 1.165) is 11.1 Å². The number of aromatic nitrogens is 9. The van der Waals surface area contributed by atoms with Crippen LogP contribution < -0.4 is 47.4 Å². The van der Waals surface area contributed by atoms with Crippen molar-refractivity contribution in [1.29, 1.82) is 0 Å². The molecule has 8 bridgehead atoms. The van der Waals surface area contributed by atoms with Crippen molar-refractivity contribution in [2.24, 2.45) is 0 Å². The number of amides is 5. The SMILES string of the molecule is CNc1cc2nc3c(cnn13)C(=O)N[C@H](C)COCc1ccc(F)c(c1)N2.C[C@@H]1COCc2ccc(F)c(c2)Nc2cc(N(C)C(=O)OC(C)(C)C)n3ncc(c3n2)C(=O)N1.C[C@H](COCc1ccc(F)c(N)c1)NC(=O)c1cnn2c(N(C)C(=O)OC(C)(C)C)cc(Cl)nc12. The maximum atomic E-state index is 14.6. The number of halogens is 4. The monoisotopic (exact) mass is 1350 g/mol. The minimum Gasteiger partial charge on any atom is -0.443 e. The van der Waals surface area contributed by atoms with Gasteiger partial charge in [-0.25, -0.2) is 37.7 Å². The van der Waals surface area contributed by atoms with Crippen molar-refractivity contribution in [3.63, 3.8) is 0 Å². The fourth-order valence-corrected chi connectivity index (χ4v) is 9.68. The van der Waals surface area contributed by atoms with Crippen molar-refractivity contribution in [2.75, 3.05) is 72.4 Å².